The maximum Gasteiger partial charge on any atom is 0.221 e. The van der Waals surface area contributed by atoms with Gasteiger partial charge in [-0.1, -0.05) is 35.9 Å². The van der Waals surface area contributed by atoms with Crippen molar-refractivity contribution in [3.8, 4) is 5.75 Å². The van der Waals surface area contributed by atoms with Crippen molar-refractivity contribution in [1.82, 2.24) is 5.32 Å². The molecule has 23 heavy (non-hydrogen) atoms. The standard InChI is InChI=1S/C19H23NO2S/c1-14-8-10-16(11-9-14)23-13-12-19(21)20-15(2)17-6-4-5-7-18(17)22-3/h4-11,15H,12-13H2,1-3H3,(H,20,21)/t15-/m1/s1. The largest absolute Gasteiger partial charge is 0.496 e. The van der Waals surface area contributed by atoms with Crippen LogP contribution in [0.15, 0.2) is 53.4 Å². The minimum absolute atomic E-state index is 0.0583. The quantitative estimate of drug-likeness (QED) is 0.767. The Labute approximate surface area is 142 Å². The summed E-state index contributed by atoms with van der Waals surface area (Å²) in [4.78, 5) is 13.3. The maximum absolute atomic E-state index is 12.1. The number of amides is 1. The lowest BCUT2D eigenvalue weighted by atomic mass is 10.1. The van der Waals surface area contributed by atoms with Gasteiger partial charge in [-0.2, -0.15) is 0 Å². The number of rotatable bonds is 7. The number of nitrogens with one attached hydrogen (secondary N) is 1. The van der Waals surface area contributed by atoms with Gasteiger partial charge in [0.2, 0.25) is 5.91 Å². The lowest BCUT2D eigenvalue weighted by Gasteiger charge is -2.17. The Hall–Kier alpha value is -1.94. The molecule has 0 aromatic heterocycles. The van der Waals surface area contributed by atoms with Crippen LogP contribution in [0.1, 0.15) is 30.5 Å². The molecular weight excluding hydrogens is 306 g/mol. The number of benzene rings is 2. The molecule has 3 nitrogen and oxygen atoms in total. The van der Waals surface area contributed by atoms with E-state index in [-0.39, 0.29) is 11.9 Å². The molecule has 1 atom stereocenters. The Kier molecular flexibility index (Phi) is 6.53. The molecule has 0 radical (unpaired) electrons. The molecule has 0 aliphatic rings. The third kappa shape index (κ3) is 5.32. The Bertz CT molecular complexity index is 640. The molecule has 0 heterocycles. The molecule has 2 aromatic rings. The van der Waals surface area contributed by atoms with Gasteiger partial charge in [0, 0.05) is 22.6 Å². The first-order valence-electron chi connectivity index (χ1n) is 7.72. The van der Waals surface area contributed by atoms with E-state index in [0.717, 1.165) is 17.1 Å². The fraction of sp³-hybridized carbons (Fsp3) is 0.316. The summed E-state index contributed by atoms with van der Waals surface area (Å²) in [5.41, 5.74) is 2.24. The van der Waals surface area contributed by atoms with Crippen molar-refractivity contribution in [2.45, 2.75) is 31.2 Å². The predicted octanol–water partition coefficient (Wildman–Crippen LogP) is 4.36. The number of hydrogen-bond donors (Lipinski definition) is 1. The first-order chi connectivity index (χ1) is 11.1. The summed E-state index contributed by atoms with van der Waals surface area (Å²) < 4.78 is 5.34. The van der Waals surface area contributed by atoms with Crippen LogP contribution in [-0.4, -0.2) is 18.8 Å². The second-order valence-electron chi connectivity index (χ2n) is 5.44. The normalized spacial score (nSPS) is 11.8. The fourth-order valence-electron chi connectivity index (χ4n) is 2.31. The van der Waals surface area contributed by atoms with Gasteiger partial charge >= 0.3 is 0 Å². The highest BCUT2D eigenvalue weighted by atomic mass is 32.2. The van der Waals surface area contributed by atoms with Crippen LogP contribution in [0.3, 0.4) is 0 Å². The van der Waals surface area contributed by atoms with E-state index in [1.165, 1.54) is 10.5 Å². The first kappa shape index (κ1) is 17.4. The van der Waals surface area contributed by atoms with E-state index in [0.29, 0.717) is 6.42 Å². The molecule has 0 saturated heterocycles. The lowest BCUT2D eigenvalue weighted by molar-refractivity contribution is -0.121. The van der Waals surface area contributed by atoms with Gasteiger partial charge in [0.15, 0.2) is 0 Å². The monoisotopic (exact) mass is 329 g/mol. The Morgan fingerprint density at radius 1 is 1.17 bits per heavy atom. The first-order valence-corrected chi connectivity index (χ1v) is 8.70. The number of carbonyl (C=O) groups is 1. The molecule has 1 amide bonds. The second kappa shape index (κ2) is 8.63. The zero-order valence-electron chi connectivity index (χ0n) is 13.8. The molecule has 0 fully saturated rings. The van der Waals surface area contributed by atoms with Crippen molar-refractivity contribution in [1.29, 1.82) is 0 Å². The maximum atomic E-state index is 12.1. The molecule has 0 spiro atoms. The van der Waals surface area contributed by atoms with Gasteiger partial charge in [-0.3, -0.25) is 4.79 Å². The minimum atomic E-state index is -0.0666. The van der Waals surface area contributed by atoms with Crippen LogP contribution in [0.4, 0.5) is 0 Å². The lowest BCUT2D eigenvalue weighted by Crippen LogP contribution is -2.27. The van der Waals surface area contributed by atoms with Gasteiger partial charge in [0.25, 0.3) is 0 Å². The zero-order valence-corrected chi connectivity index (χ0v) is 14.7. The highest BCUT2D eigenvalue weighted by Crippen LogP contribution is 2.24. The SMILES string of the molecule is COc1ccccc1[C@@H](C)NC(=O)CCSc1ccc(C)cc1. The van der Waals surface area contributed by atoms with E-state index in [1.54, 1.807) is 18.9 Å². The van der Waals surface area contributed by atoms with Gasteiger partial charge in [-0.15, -0.1) is 11.8 Å². The minimum Gasteiger partial charge on any atom is -0.496 e. The molecule has 0 unspecified atom stereocenters. The van der Waals surface area contributed by atoms with Crippen molar-refractivity contribution in [3.05, 3.63) is 59.7 Å². The third-order valence-electron chi connectivity index (χ3n) is 3.60. The summed E-state index contributed by atoms with van der Waals surface area (Å²) in [6, 6.07) is 16.1. The summed E-state index contributed by atoms with van der Waals surface area (Å²) in [6.45, 7) is 4.05. The van der Waals surface area contributed by atoms with Crippen LogP contribution >= 0.6 is 11.8 Å². The van der Waals surface area contributed by atoms with E-state index in [4.69, 9.17) is 4.74 Å². The average Bonchev–Trinajstić information content (AvgIpc) is 2.56. The molecule has 2 rings (SSSR count). The number of hydrogen-bond acceptors (Lipinski definition) is 3. The summed E-state index contributed by atoms with van der Waals surface area (Å²) >= 11 is 1.70. The van der Waals surface area contributed by atoms with Gasteiger partial charge < -0.3 is 10.1 Å². The molecular formula is C19H23NO2S. The van der Waals surface area contributed by atoms with E-state index >= 15 is 0 Å². The van der Waals surface area contributed by atoms with Crippen LogP contribution in [0.25, 0.3) is 0 Å². The van der Waals surface area contributed by atoms with Crippen molar-refractivity contribution in [2.75, 3.05) is 12.9 Å². The van der Waals surface area contributed by atoms with Crippen molar-refractivity contribution >= 4 is 17.7 Å². The van der Waals surface area contributed by atoms with Crippen LogP contribution in [0.5, 0.6) is 5.75 Å². The topological polar surface area (TPSA) is 38.3 Å². The predicted molar refractivity (Wildman–Crippen MR) is 96.1 cm³/mol. The van der Waals surface area contributed by atoms with Crippen LogP contribution in [0.2, 0.25) is 0 Å². The zero-order chi connectivity index (χ0) is 16.7. The number of ether oxygens (including phenoxy) is 1. The molecule has 0 aliphatic heterocycles. The number of aryl methyl sites for hydroxylation is 1. The van der Waals surface area contributed by atoms with E-state index < -0.39 is 0 Å². The summed E-state index contributed by atoms with van der Waals surface area (Å²) in [7, 11) is 1.64. The molecule has 122 valence electrons. The van der Waals surface area contributed by atoms with Crippen molar-refractivity contribution in [2.24, 2.45) is 0 Å². The van der Waals surface area contributed by atoms with Gasteiger partial charge in [0.1, 0.15) is 5.75 Å². The highest BCUT2D eigenvalue weighted by Gasteiger charge is 2.13. The number of para-hydroxylation sites is 1. The Morgan fingerprint density at radius 3 is 2.57 bits per heavy atom. The van der Waals surface area contributed by atoms with Crippen LogP contribution in [0, 0.1) is 6.92 Å². The highest BCUT2D eigenvalue weighted by molar-refractivity contribution is 7.99. The van der Waals surface area contributed by atoms with Crippen LogP contribution in [-0.2, 0) is 4.79 Å². The second-order valence-corrected chi connectivity index (χ2v) is 6.61. The fourth-order valence-corrected chi connectivity index (χ4v) is 3.16. The molecule has 4 heteroatoms. The van der Waals surface area contributed by atoms with Crippen LogP contribution < -0.4 is 10.1 Å². The summed E-state index contributed by atoms with van der Waals surface area (Å²) in [5, 5.41) is 3.03. The van der Waals surface area contributed by atoms with Gasteiger partial charge in [-0.25, -0.2) is 0 Å². The van der Waals surface area contributed by atoms with Crippen molar-refractivity contribution in [3.63, 3.8) is 0 Å². The van der Waals surface area contributed by atoms with E-state index in [2.05, 4.69) is 36.5 Å². The Balaban J connectivity index is 1.81. The summed E-state index contributed by atoms with van der Waals surface area (Å²) in [5.74, 6) is 1.63. The Morgan fingerprint density at radius 2 is 1.87 bits per heavy atom. The molecule has 0 aliphatic carbocycles. The van der Waals surface area contributed by atoms with Gasteiger partial charge in [0.05, 0.1) is 13.2 Å². The molecule has 0 saturated carbocycles. The molecule has 1 N–H and O–H groups in total. The third-order valence-corrected chi connectivity index (χ3v) is 4.62. The van der Waals surface area contributed by atoms with Gasteiger partial charge in [-0.05, 0) is 32.0 Å². The number of thioether (sulfide) groups is 1. The average molecular weight is 329 g/mol. The summed E-state index contributed by atoms with van der Waals surface area (Å²) in [6.07, 6.45) is 0.498. The van der Waals surface area contributed by atoms with E-state index in [1.807, 2.05) is 31.2 Å². The smallest absolute Gasteiger partial charge is 0.221 e. The molecule has 0 bridgehead atoms. The number of methoxy groups -OCH3 is 1. The van der Waals surface area contributed by atoms with E-state index in [9.17, 15) is 4.79 Å². The number of carbonyl (C=O) groups excluding carboxylic acids is 1. The molecule has 2 aromatic carbocycles. The van der Waals surface area contributed by atoms with Crippen molar-refractivity contribution < 1.29 is 9.53 Å².